The second kappa shape index (κ2) is 5.95. The molecule has 0 aliphatic heterocycles. The number of benzene rings is 3. The van der Waals surface area contributed by atoms with Gasteiger partial charge in [0.1, 0.15) is 5.69 Å². The molecule has 3 aromatic carbocycles. The van der Waals surface area contributed by atoms with Gasteiger partial charge in [0.25, 0.3) is 5.56 Å². The molecule has 0 atom stereocenters. The van der Waals surface area contributed by atoms with E-state index < -0.39 is 0 Å². The summed E-state index contributed by atoms with van der Waals surface area (Å²) < 4.78 is 0. The highest BCUT2D eigenvalue weighted by atomic mass is 16.1. The first-order valence-corrected chi connectivity index (χ1v) is 8.85. The van der Waals surface area contributed by atoms with Crippen molar-refractivity contribution in [3.05, 3.63) is 99.8 Å². The number of carbonyl (C=O) groups is 1. The van der Waals surface area contributed by atoms with E-state index in [1.165, 1.54) is 0 Å². The number of aromatic nitrogens is 1. The quantitative estimate of drug-likeness (QED) is 0.507. The Bertz CT molecular complexity index is 1260. The SMILES string of the molecule is O=C1c2ccccc2-c2c(NCc3ccccc3)c(=O)[nH]c3cccc1c23. The first-order chi connectivity index (χ1) is 13.2. The maximum Gasteiger partial charge on any atom is 0.272 e. The van der Waals surface area contributed by atoms with Gasteiger partial charge in [0.15, 0.2) is 5.78 Å². The molecule has 1 aromatic heterocycles. The van der Waals surface area contributed by atoms with Crippen LogP contribution in [0.2, 0.25) is 0 Å². The van der Waals surface area contributed by atoms with Crippen LogP contribution in [0.3, 0.4) is 0 Å². The fourth-order valence-electron chi connectivity index (χ4n) is 3.81. The third kappa shape index (κ3) is 2.38. The van der Waals surface area contributed by atoms with E-state index in [-0.39, 0.29) is 11.3 Å². The average molecular weight is 352 g/mol. The van der Waals surface area contributed by atoms with Gasteiger partial charge in [-0.3, -0.25) is 9.59 Å². The van der Waals surface area contributed by atoms with Crippen molar-refractivity contribution in [3.63, 3.8) is 0 Å². The molecule has 0 saturated carbocycles. The predicted molar refractivity (Wildman–Crippen MR) is 107 cm³/mol. The summed E-state index contributed by atoms with van der Waals surface area (Å²) in [5.74, 6) is -0.00948. The largest absolute Gasteiger partial charge is 0.376 e. The fourth-order valence-corrected chi connectivity index (χ4v) is 3.81. The maximum absolute atomic E-state index is 13.0. The minimum Gasteiger partial charge on any atom is -0.376 e. The third-order valence-corrected chi connectivity index (χ3v) is 5.04. The van der Waals surface area contributed by atoms with Crippen LogP contribution in [0, 0.1) is 0 Å². The van der Waals surface area contributed by atoms with Crippen molar-refractivity contribution in [2.45, 2.75) is 6.54 Å². The van der Waals surface area contributed by atoms with Crippen LogP contribution < -0.4 is 10.9 Å². The summed E-state index contributed by atoms with van der Waals surface area (Å²) in [6.45, 7) is 0.528. The summed E-state index contributed by atoms with van der Waals surface area (Å²) in [4.78, 5) is 28.7. The summed E-state index contributed by atoms with van der Waals surface area (Å²) in [7, 11) is 0. The molecule has 27 heavy (non-hydrogen) atoms. The zero-order chi connectivity index (χ0) is 18.4. The molecule has 1 aliphatic carbocycles. The number of anilines is 1. The Morgan fingerprint density at radius 1 is 0.741 bits per heavy atom. The fraction of sp³-hybridized carbons (Fsp3) is 0.0435. The number of pyridine rings is 1. The first kappa shape index (κ1) is 15.6. The second-order valence-electron chi connectivity index (χ2n) is 6.65. The van der Waals surface area contributed by atoms with Crippen LogP contribution in [0.25, 0.3) is 22.0 Å². The Morgan fingerprint density at radius 2 is 1.44 bits per heavy atom. The summed E-state index contributed by atoms with van der Waals surface area (Å²) in [6, 6.07) is 22.9. The van der Waals surface area contributed by atoms with Gasteiger partial charge in [-0.1, -0.05) is 66.7 Å². The number of fused-ring (bicyclic) bond motifs is 2. The molecule has 1 aliphatic rings. The lowest BCUT2D eigenvalue weighted by Gasteiger charge is -2.22. The van der Waals surface area contributed by atoms with Gasteiger partial charge in [0, 0.05) is 34.1 Å². The van der Waals surface area contributed by atoms with Crippen molar-refractivity contribution >= 4 is 22.4 Å². The minimum absolute atomic E-state index is 0.00948. The molecule has 4 heteroatoms. The number of nitrogens with one attached hydrogen (secondary N) is 2. The molecule has 0 amide bonds. The normalized spacial score (nSPS) is 12.1. The van der Waals surface area contributed by atoms with E-state index in [2.05, 4.69) is 10.3 Å². The highest BCUT2D eigenvalue weighted by molar-refractivity contribution is 6.26. The molecule has 0 saturated heterocycles. The van der Waals surface area contributed by atoms with Crippen molar-refractivity contribution in [1.29, 1.82) is 0 Å². The molecule has 0 fully saturated rings. The van der Waals surface area contributed by atoms with Gasteiger partial charge in [-0.2, -0.15) is 0 Å². The minimum atomic E-state index is -0.185. The van der Waals surface area contributed by atoms with Crippen LogP contribution in [0.1, 0.15) is 21.5 Å². The van der Waals surface area contributed by atoms with Crippen LogP contribution in [0.15, 0.2) is 77.6 Å². The van der Waals surface area contributed by atoms with Gasteiger partial charge >= 0.3 is 0 Å². The topological polar surface area (TPSA) is 62.0 Å². The Hall–Kier alpha value is -3.66. The molecule has 5 rings (SSSR count). The van der Waals surface area contributed by atoms with E-state index in [9.17, 15) is 9.59 Å². The van der Waals surface area contributed by atoms with E-state index in [1.807, 2.05) is 66.7 Å². The Morgan fingerprint density at radius 3 is 2.26 bits per heavy atom. The van der Waals surface area contributed by atoms with E-state index >= 15 is 0 Å². The molecule has 4 nitrogen and oxygen atoms in total. The van der Waals surface area contributed by atoms with Crippen LogP contribution in [-0.2, 0) is 6.54 Å². The molecule has 0 spiro atoms. The lowest BCUT2D eigenvalue weighted by atomic mass is 9.83. The van der Waals surface area contributed by atoms with Crippen molar-refractivity contribution in [2.75, 3.05) is 5.32 Å². The van der Waals surface area contributed by atoms with Crippen molar-refractivity contribution in [1.82, 2.24) is 4.98 Å². The smallest absolute Gasteiger partial charge is 0.272 e. The van der Waals surface area contributed by atoms with Gasteiger partial charge in [0.2, 0.25) is 0 Å². The number of H-pyrrole nitrogens is 1. The maximum atomic E-state index is 13.0. The molecule has 4 aromatic rings. The van der Waals surface area contributed by atoms with Crippen molar-refractivity contribution < 1.29 is 4.79 Å². The molecular formula is C23H16N2O2. The van der Waals surface area contributed by atoms with E-state index in [0.29, 0.717) is 28.9 Å². The number of aromatic amines is 1. The first-order valence-electron chi connectivity index (χ1n) is 8.85. The summed E-state index contributed by atoms with van der Waals surface area (Å²) in [5.41, 5.74) is 4.93. The summed E-state index contributed by atoms with van der Waals surface area (Å²) in [6.07, 6.45) is 0. The number of rotatable bonds is 3. The number of hydrogen-bond donors (Lipinski definition) is 2. The number of hydrogen-bond acceptors (Lipinski definition) is 3. The van der Waals surface area contributed by atoms with Gasteiger partial charge < -0.3 is 10.3 Å². The van der Waals surface area contributed by atoms with Crippen LogP contribution >= 0.6 is 0 Å². The Balaban J connectivity index is 1.78. The van der Waals surface area contributed by atoms with Crippen LogP contribution in [-0.4, -0.2) is 10.8 Å². The summed E-state index contributed by atoms with van der Waals surface area (Å²) in [5, 5.41) is 4.10. The second-order valence-corrected chi connectivity index (χ2v) is 6.65. The lowest BCUT2D eigenvalue weighted by Crippen LogP contribution is -2.20. The van der Waals surface area contributed by atoms with E-state index in [4.69, 9.17) is 0 Å². The van der Waals surface area contributed by atoms with Crippen LogP contribution in [0.4, 0.5) is 5.69 Å². The highest BCUT2D eigenvalue weighted by Crippen LogP contribution is 2.41. The molecule has 0 unspecified atom stereocenters. The molecule has 0 radical (unpaired) electrons. The Kier molecular flexibility index (Phi) is 3.44. The molecule has 130 valence electrons. The molecular weight excluding hydrogens is 336 g/mol. The molecule has 2 N–H and O–H groups in total. The Labute approximate surface area is 155 Å². The lowest BCUT2D eigenvalue weighted by molar-refractivity contribution is 0.104. The monoisotopic (exact) mass is 352 g/mol. The number of carbonyl (C=O) groups excluding carboxylic acids is 1. The van der Waals surface area contributed by atoms with Gasteiger partial charge in [-0.25, -0.2) is 0 Å². The highest BCUT2D eigenvalue weighted by Gasteiger charge is 2.28. The average Bonchev–Trinajstić information content (AvgIpc) is 2.71. The predicted octanol–water partition coefficient (Wildman–Crippen LogP) is 4.35. The van der Waals surface area contributed by atoms with Crippen molar-refractivity contribution in [2.24, 2.45) is 0 Å². The van der Waals surface area contributed by atoms with Gasteiger partial charge in [0.05, 0.1) is 0 Å². The zero-order valence-electron chi connectivity index (χ0n) is 14.5. The zero-order valence-corrected chi connectivity index (χ0v) is 14.5. The third-order valence-electron chi connectivity index (χ3n) is 5.04. The standard InChI is InChI=1S/C23H16N2O2/c26-22-16-10-5-4-9-15(16)20-19-17(22)11-6-12-18(19)25-23(27)21(20)24-13-14-7-2-1-3-8-14/h1-12,24H,13H2,(H,25,27). The number of ketones is 1. The van der Waals surface area contributed by atoms with E-state index in [0.717, 1.165) is 22.1 Å². The van der Waals surface area contributed by atoms with Crippen molar-refractivity contribution in [3.8, 4) is 11.1 Å². The van der Waals surface area contributed by atoms with Gasteiger partial charge in [-0.15, -0.1) is 0 Å². The van der Waals surface area contributed by atoms with Crippen LogP contribution in [0.5, 0.6) is 0 Å². The molecule has 0 bridgehead atoms. The molecule has 1 heterocycles. The van der Waals surface area contributed by atoms with Gasteiger partial charge in [-0.05, 0) is 17.2 Å². The summed E-state index contributed by atoms with van der Waals surface area (Å²) >= 11 is 0. The van der Waals surface area contributed by atoms with E-state index in [1.54, 1.807) is 6.07 Å².